The van der Waals surface area contributed by atoms with E-state index in [1.807, 2.05) is 13.8 Å². The Morgan fingerprint density at radius 2 is 1.94 bits per heavy atom. The minimum atomic E-state index is -2.79. The maximum atomic E-state index is 11.3. The molecule has 1 atom stereocenters. The van der Waals surface area contributed by atoms with Gasteiger partial charge in [-0.05, 0) is 19.9 Å². The zero-order valence-electron chi connectivity index (χ0n) is 10.8. The van der Waals surface area contributed by atoms with E-state index in [0.29, 0.717) is 13.1 Å². The van der Waals surface area contributed by atoms with Gasteiger partial charge in [-0.3, -0.25) is 0 Å². The zero-order chi connectivity index (χ0) is 12.9. The van der Waals surface area contributed by atoms with Crippen LogP contribution in [0.15, 0.2) is 0 Å². The summed E-state index contributed by atoms with van der Waals surface area (Å²) in [6.07, 6.45) is 0.831. The van der Waals surface area contributed by atoms with Crippen LogP contribution in [-0.4, -0.2) is 68.3 Å². The number of hydrogen-bond donors (Lipinski definition) is 2. The molecule has 0 saturated carbocycles. The van der Waals surface area contributed by atoms with E-state index >= 15 is 0 Å². The molecule has 1 unspecified atom stereocenters. The van der Waals surface area contributed by atoms with E-state index in [-0.39, 0.29) is 23.7 Å². The minimum absolute atomic E-state index is 0.104. The van der Waals surface area contributed by atoms with Gasteiger partial charge in [-0.15, -0.1) is 0 Å². The number of sulfone groups is 1. The molecule has 6 heteroatoms. The number of likely N-dealkylation sites (N-methyl/N-ethyl adjacent to an activating group) is 1. The lowest BCUT2D eigenvalue weighted by Gasteiger charge is -2.33. The molecule has 1 saturated heterocycles. The average Bonchev–Trinajstić information content (AvgIpc) is 2.28. The third-order valence-corrected chi connectivity index (χ3v) is 4.98. The van der Waals surface area contributed by atoms with Crippen molar-refractivity contribution < 1.29 is 13.5 Å². The van der Waals surface area contributed by atoms with Gasteiger partial charge in [0, 0.05) is 25.2 Å². The molecular weight excluding hydrogens is 240 g/mol. The standard InChI is InChI=1S/C11H24N2O3S/c1-3-12-11(2,10-14)4-5-13-6-8-17(15,16)9-7-13/h12,14H,3-10H2,1-2H3. The molecule has 0 aliphatic carbocycles. The first-order chi connectivity index (χ1) is 7.91. The highest BCUT2D eigenvalue weighted by Gasteiger charge is 2.26. The van der Waals surface area contributed by atoms with Crippen molar-refractivity contribution in [2.45, 2.75) is 25.8 Å². The quantitative estimate of drug-likeness (QED) is 0.675. The monoisotopic (exact) mass is 264 g/mol. The number of aliphatic hydroxyl groups excluding tert-OH is 1. The summed E-state index contributed by atoms with van der Waals surface area (Å²) in [4.78, 5) is 2.16. The Hall–Kier alpha value is -0.170. The van der Waals surface area contributed by atoms with Gasteiger partial charge in [0.25, 0.3) is 0 Å². The van der Waals surface area contributed by atoms with Gasteiger partial charge in [-0.1, -0.05) is 6.92 Å². The van der Waals surface area contributed by atoms with Gasteiger partial charge in [0.15, 0.2) is 9.84 Å². The lowest BCUT2D eigenvalue weighted by molar-refractivity contribution is 0.149. The summed E-state index contributed by atoms with van der Waals surface area (Å²) < 4.78 is 22.6. The van der Waals surface area contributed by atoms with Crippen LogP contribution < -0.4 is 5.32 Å². The molecule has 1 heterocycles. The van der Waals surface area contributed by atoms with Gasteiger partial charge in [0.2, 0.25) is 0 Å². The maximum Gasteiger partial charge on any atom is 0.152 e. The van der Waals surface area contributed by atoms with Crippen molar-refractivity contribution in [3.63, 3.8) is 0 Å². The van der Waals surface area contributed by atoms with Crippen LogP contribution in [0.3, 0.4) is 0 Å². The highest BCUT2D eigenvalue weighted by molar-refractivity contribution is 7.91. The molecule has 1 rings (SSSR count). The Kier molecular flexibility index (Phi) is 5.37. The van der Waals surface area contributed by atoms with Crippen LogP contribution in [0.1, 0.15) is 20.3 Å². The predicted octanol–water partition coefficient (Wildman–Crippen LogP) is -0.533. The van der Waals surface area contributed by atoms with E-state index < -0.39 is 9.84 Å². The summed E-state index contributed by atoms with van der Waals surface area (Å²) in [5.74, 6) is 0.536. The van der Waals surface area contributed by atoms with E-state index in [1.165, 1.54) is 0 Å². The number of nitrogens with one attached hydrogen (secondary N) is 1. The molecule has 0 radical (unpaired) electrons. The Morgan fingerprint density at radius 1 is 1.35 bits per heavy atom. The normalized spacial score (nSPS) is 24.4. The lowest BCUT2D eigenvalue weighted by atomic mass is 9.98. The van der Waals surface area contributed by atoms with Crippen LogP contribution in [0.4, 0.5) is 0 Å². The first-order valence-corrected chi connectivity index (χ1v) is 8.01. The molecule has 0 aromatic carbocycles. The third kappa shape index (κ3) is 4.91. The smallest absolute Gasteiger partial charge is 0.152 e. The van der Waals surface area contributed by atoms with E-state index in [0.717, 1.165) is 19.5 Å². The average molecular weight is 264 g/mol. The van der Waals surface area contributed by atoms with Gasteiger partial charge >= 0.3 is 0 Å². The maximum absolute atomic E-state index is 11.3. The van der Waals surface area contributed by atoms with Crippen molar-refractivity contribution in [1.29, 1.82) is 0 Å². The molecule has 102 valence electrons. The number of aliphatic hydroxyl groups is 1. The Morgan fingerprint density at radius 3 is 2.41 bits per heavy atom. The number of nitrogens with zero attached hydrogens (tertiary/aromatic N) is 1. The van der Waals surface area contributed by atoms with Crippen LogP contribution in [0.25, 0.3) is 0 Å². The Balaban J connectivity index is 2.36. The Labute approximate surface area is 104 Å². The predicted molar refractivity (Wildman–Crippen MR) is 68.9 cm³/mol. The molecule has 1 aliphatic heterocycles. The number of hydrogen-bond acceptors (Lipinski definition) is 5. The second-order valence-corrected chi connectivity index (χ2v) is 7.30. The highest BCUT2D eigenvalue weighted by atomic mass is 32.2. The second-order valence-electron chi connectivity index (χ2n) is 4.99. The van der Waals surface area contributed by atoms with Crippen molar-refractivity contribution in [3.8, 4) is 0 Å². The molecule has 1 fully saturated rings. The molecule has 1 aliphatic rings. The lowest BCUT2D eigenvalue weighted by Crippen LogP contribution is -2.49. The third-order valence-electron chi connectivity index (χ3n) is 3.37. The van der Waals surface area contributed by atoms with E-state index in [4.69, 9.17) is 0 Å². The summed E-state index contributed by atoms with van der Waals surface area (Å²) in [5.41, 5.74) is -0.259. The van der Waals surface area contributed by atoms with Crippen molar-refractivity contribution in [3.05, 3.63) is 0 Å². The molecule has 5 nitrogen and oxygen atoms in total. The summed E-state index contributed by atoms with van der Waals surface area (Å²) in [5, 5.41) is 12.6. The summed E-state index contributed by atoms with van der Waals surface area (Å²) in [6.45, 7) is 7.02. The van der Waals surface area contributed by atoms with Crippen molar-refractivity contribution >= 4 is 9.84 Å². The molecule has 0 bridgehead atoms. The molecule has 0 aromatic rings. The first-order valence-electron chi connectivity index (χ1n) is 6.19. The highest BCUT2D eigenvalue weighted by Crippen LogP contribution is 2.12. The van der Waals surface area contributed by atoms with Crippen LogP contribution in [0.5, 0.6) is 0 Å². The van der Waals surface area contributed by atoms with Gasteiger partial charge in [-0.25, -0.2) is 8.42 Å². The molecule has 2 N–H and O–H groups in total. The van der Waals surface area contributed by atoms with Crippen LogP contribution >= 0.6 is 0 Å². The van der Waals surface area contributed by atoms with Crippen LogP contribution in [0.2, 0.25) is 0 Å². The van der Waals surface area contributed by atoms with Crippen LogP contribution in [0, 0.1) is 0 Å². The summed E-state index contributed by atoms with van der Waals surface area (Å²) in [6, 6.07) is 0. The van der Waals surface area contributed by atoms with E-state index in [1.54, 1.807) is 0 Å². The van der Waals surface area contributed by atoms with Gasteiger partial charge in [-0.2, -0.15) is 0 Å². The molecule has 17 heavy (non-hydrogen) atoms. The second kappa shape index (κ2) is 6.13. The molecule has 0 amide bonds. The van der Waals surface area contributed by atoms with Crippen molar-refractivity contribution in [1.82, 2.24) is 10.2 Å². The topological polar surface area (TPSA) is 69.6 Å². The number of rotatable bonds is 6. The van der Waals surface area contributed by atoms with Crippen LogP contribution in [-0.2, 0) is 9.84 Å². The van der Waals surface area contributed by atoms with Gasteiger partial charge < -0.3 is 15.3 Å². The zero-order valence-corrected chi connectivity index (χ0v) is 11.6. The largest absolute Gasteiger partial charge is 0.394 e. The molecule has 0 aromatic heterocycles. The van der Waals surface area contributed by atoms with Gasteiger partial charge in [0.1, 0.15) is 0 Å². The minimum Gasteiger partial charge on any atom is -0.394 e. The van der Waals surface area contributed by atoms with E-state index in [9.17, 15) is 13.5 Å². The molecule has 0 spiro atoms. The van der Waals surface area contributed by atoms with E-state index in [2.05, 4.69) is 10.2 Å². The fourth-order valence-electron chi connectivity index (χ4n) is 2.03. The SMILES string of the molecule is CCNC(C)(CO)CCN1CCS(=O)(=O)CC1. The summed E-state index contributed by atoms with van der Waals surface area (Å²) >= 11 is 0. The summed E-state index contributed by atoms with van der Waals surface area (Å²) in [7, 11) is -2.79. The fraction of sp³-hybridized carbons (Fsp3) is 1.00. The van der Waals surface area contributed by atoms with Crippen molar-refractivity contribution in [2.75, 3.05) is 44.3 Å². The fourth-order valence-corrected chi connectivity index (χ4v) is 3.31. The first kappa shape index (κ1) is 14.9. The Bertz CT molecular complexity index is 318. The molecular formula is C11H24N2O3S. The van der Waals surface area contributed by atoms with Gasteiger partial charge in [0.05, 0.1) is 18.1 Å². The van der Waals surface area contributed by atoms with Crippen molar-refractivity contribution in [2.24, 2.45) is 0 Å².